The van der Waals surface area contributed by atoms with Gasteiger partial charge in [0, 0.05) is 29.6 Å². The monoisotopic (exact) mass is 477 g/mol. The van der Waals surface area contributed by atoms with Gasteiger partial charge in [0.15, 0.2) is 0 Å². The first-order valence-corrected chi connectivity index (χ1v) is 12.5. The highest BCUT2D eigenvalue weighted by molar-refractivity contribution is 7.92. The number of nitrogens with zero attached hydrogens (tertiary/aromatic N) is 2. The fourth-order valence-corrected chi connectivity index (χ4v) is 5.03. The van der Waals surface area contributed by atoms with E-state index in [-0.39, 0.29) is 18.2 Å². The minimum atomic E-state index is -3.47. The van der Waals surface area contributed by atoms with Crippen LogP contribution in [-0.2, 0) is 16.6 Å². The van der Waals surface area contributed by atoms with Crippen molar-refractivity contribution in [3.8, 4) is 23.1 Å². The zero-order chi connectivity index (χ0) is 23.1. The molecule has 9 heteroatoms. The first kappa shape index (κ1) is 23.9. The minimum Gasteiger partial charge on any atom is -0.491 e. The summed E-state index contributed by atoms with van der Waals surface area (Å²) in [5.41, 5.74) is 3.35. The van der Waals surface area contributed by atoms with Gasteiger partial charge in [0.2, 0.25) is 10.0 Å². The zero-order valence-electron chi connectivity index (χ0n) is 17.8. The molecule has 0 bridgehead atoms. The van der Waals surface area contributed by atoms with E-state index in [0.717, 1.165) is 28.6 Å². The van der Waals surface area contributed by atoms with E-state index in [9.17, 15) is 18.1 Å². The lowest BCUT2D eigenvalue weighted by Gasteiger charge is -2.12. The quantitative estimate of drug-likeness (QED) is 0.379. The van der Waals surface area contributed by atoms with Crippen molar-refractivity contribution < 1.29 is 17.5 Å². The summed E-state index contributed by atoms with van der Waals surface area (Å²) in [7, 11) is -3.47. The number of rotatable bonds is 11. The van der Waals surface area contributed by atoms with Crippen molar-refractivity contribution >= 4 is 38.2 Å². The zero-order valence-corrected chi connectivity index (χ0v) is 19.3. The van der Waals surface area contributed by atoms with Gasteiger partial charge < -0.3 is 9.30 Å². The lowest BCUT2D eigenvalue weighted by Crippen LogP contribution is -2.16. The topological polar surface area (TPSA) is 84.1 Å². The van der Waals surface area contributed by atoms with Gasteiger partial charge in [-0.2, -0.15) is 5.26 Å². The van der Waals surface area contributed by atoms with Gasteiger partial charge >= 0.3 is 0 Å². The van der Waals surface area contributed by atoms with Crippen molar-refractivity contribution in [3.63, 3.8) is 0 Å². The van der Waals surface area contributed by atoms with Crippen LogP contribution in [-0.4, -0.2) is 37.9 Å². The number of hydrogen-bond acceptors (Lipinski definition) is 4. The Hall–Kier alpha value is -2.76. The average molecular weight is 478 g/mol. The number of aryl methyl sites for hydroxylation is 1. The number of benzene rings is 2. The second kappa shape index (κ2) is 10.7. The van der Waals surface area contributed by atoms with Crippen molar-refractivity contribution in [2.75, 3.05) is 29.6 Å². The van der Waals surface area contributed by atoms with E-state index in [2.05, 4.69) is 15.4 Å². The van der Waals surface area contributed by atoms with Crippen LogP contribution in [0.15, 0.2) is 42.5 Å². The number of halogens is 2. The summed E-state index contributed by atoms with van der Waals surface area (Å²) >= 11 is 5.59. The number of nitrogens with one attached hydrogen (secondary N) is 1. The van der Waals surface area contributed by atoms with Gasteiger partial charge in [-0.25, -0.2) is 12.8 Å². The molecule has 6 nitrogen and oxygen atoms in total. The van der Waals surface area contributed by atoms with E-state index in [1.54, 1.807) is 30.3 Å². The van der Waals surface area contributed by atoms with Crippen molar-refractivity contribution in [1.29, 1.82) is 5.26 Å². The van der Waals surface area contributed by atoms with Gasteiger partial charge in [0.1, 0.15) is 25.1 Å². The molecule has 0 saturated carbocycles. The highest BCUT2D eigenvalue weighted by Gasteiger charge is 2.19. The molecule has 0 fully saturated rings. The number of nitriles is 1. The van der Waals surface area contributed by atoms with Crippen molar-refractivity contribution in [1.82, 2.24) is 4.57 Å². The summed E-state index contributed by atoms with van der Waals surface area (Å²) in [6, 6.07) is 14.6. The highest BCUT2D eigenvalue weighted by atomic mass is 35.5. The van der Waals surface area contributed by atoms with Crippen LogP contribution in [0, 0.1) is 11.3 Å². The van der Waals surface area contributed by atoms with Crippen molar-refractivity contribution in [2.45, 2.75) is 26.3 Å². The maximum absolute atomic E-state index is 12.5. The highest BCUT2D eigenvalue weighted by Crippen LogP contribution is 2.36. The first-order chi connectivity index (χ1) is 15.4. The Bertz CT molecular complexity index is 1220. The molecule has 170 valence electrons. The molecule has 0 unspecified atom stereocenters. The Morgan fingerprint density at radius 1 is 1.22 bits per heavy atom. The third-order valence-corrected chi connectivity index (χ3v) is 6.56. The molecule has 32 heavy (non-hydrogen) atoms. The van der Waals surface area contributed by atoms with Crippen LogP contribution < -0.4 is 9.46 Å². The Labute approximate surface area is 192 Å². The molecule has 0 aliphatic rings. The predicted molar refractivity (Wildman–Crippen MR) is 127 cm³/mol. The summed E-state index contributed by atoms with van der Waals surface area (Å²) in [4.78, 5) is 0. The van der Waals surface area contributed by atoms with Crippen LogP contribution in [0.2, 0.25) is 0 Å². The van der Waals surface area contributed by atoms with Crippen LogP contribution in [0.1, 0.15) is 25.3 Å². The summed E-state index contributed by atoms with van der Waals surface area (Å²) in [6.45, 7) is 2.11. The second-order valence-electron chi connectivity index (χ2n) is 7.24. The van der Waals surface area contributed by atoms with E-state index in [1.165, 1.54) is 0 Å². The molecule has 0 atom stereocenters. The minimum absolute atomic E-state index is 0.0276. The number of anilines is 1. The summed E-state index contributed by atoms with van der Waals surface area (Å²) in [5, 5.41) is 10.7. The summed E-state index contributed by atoms with van der Waals surface area (Å²) in [6.07, 6.45) is 1.21. The van der Waals surface area contributed by atoms with E-state index in [0.29, 0.717) is 30.0 Å². The summed E-state index contributed by atoms with van der Waals surface area (Å²) < 4.78 is 46.8. The Morgan fingerprint density at radius 2 is 1.97 bits per heavy atom. The lowest BCUT2D eigenvalue weighted by molar-refractivity contribution is 0.273. The molecule has 2 aromatic carbocycles. The largest absolute Gasteiger partial charge is 0.491 e. The summed E-state index contributed by atoms with van der Waals surface area (Å²) in [5.74, 6) is 0.774. The Kier molecular flexibility index (Phi) is 7.99. The van der Waals surface area contributed by atoms with Crippen molar-refractivity contribution in [3.05, 3.63) is 48.0 Å². The number of aromatic nitrogens is 1. The van der Waals surface area contributed by atoms with E-state index < -0.39 is 16.7 Å². The van der Waals surface area contributed by atoms with Crippen molar-refractivity contribution in [2.24, 2.45) is 0 Å². The van der Waals surface area contributed by atoms with Gasteiger partial charge in [-0.3, -0.25) is 4.72 Å². The van der Waals surface area contributed by atoms with Gasteiger partial charge in [-0.15, -0.1) is 11.6 Å². The molecule has 0 aliphatic heterocycles. The fraction of sp³-hybridized carbons (Fsp3) is 0.348. The smallest absolute Gasteiger partial charge is 0.232 e. The third kappa shape index (κ3) is 5.34. The van der Waals surface area contributed by atoms with Gasteiger partial charge in [-0.05, 0) is 42.7 Å². The average Bonchev–Trinajstić information content (AvgIpc) is 3.09. The molecule has 0 aliphatic carbocycles. The number of alkyl halides is 2. The molecule has 0 amide bonds. The molecule has 0 radical (unpaired) electrons. The molecule has 1 aromatic heterocycles. The first-order valence-electron chi connectivity index (χ1n) is 10.4. The maximum Gasteiger partial charge on any atom is 0.232 e. The van der Waals surface area contributed by atoms with Gasteiger partial charge in [0.25, 0.3) is 0 Å². The van der Waals surface area contributed by atoms with E-state index in [4.69, 9.17) is 16.3 Å². The molecule has 1 N–H and O–H groups in total. The standard InChI is InChI=1S/C23H25ClFN3O3S/c1-2-12-28-22-15-19(31-13-11-25)8-9-20(22)21(16-26)23(28)17-4-6-18(7-5-17)27-32(29,30)14-3-10-24/h4-9,15,27H,2-3,10-14H2,1H3. The molecule has 0 saturated heterocycles. The number of ether oxygens (including phenoxy) is 1. The van der Waals surface area contributed by atoms with Crippen LogP contribution in [0.3, 0.4) is 0 Å². The molecule has 0 spiro atoms. The third-order valence-electron chi connectivity index (χ3n) is 4.92. The SMILES string of the molecule is CCCn1c(-c2ccc(NS(=O)(=O)CCCCl)cc2)c(C#N)c2ccc(OCCF)cc21. The lowest BCUT2D eigenvalue weighted by atomic mass is 10.1. The van der Waals surface area contributed by atoms with E-state index in [1.807, 2.05) is 19.1 Å². The van der Waals surface area contributed by atoms with Gasteiger partial charge in [-0.1, -0.05) is 19.1 Å². The molecule has 1 heterocycles. The number of sulfonamides is 1. The second-order valence-corrected chi connectivity index (χ2v) is 9.46. The van der Waals surface area contributed by atoms with Gasteiger partial charge in [0.05, 0.1) is 22.5 Å². The predicted octanol–water partition coefficient (Wildman–Crippen LogP) is 5.31. The molecule has 3 aromatic rings. The van der Waals surface area contributed by atoms with Crippen LogP contribution in [0.25, 0.3) is 22.2 Å². The molecular formula is C23H25ClFN3O3S. The van der Waals surface area contributed by atoms with Crippen LogP contribution in [0.5, 0.6) is 5.75 Å². The maximum atomic E-state index is 12.5. The van der Waals surface area contributed by atoms with Crippen LogP contribution in [0.4, 0.5) is 10.1 Å². The number of hydrogen-bond donors (Lipinski definition) is 1. The Balaban J connectivity index is 2.03. The van der Waals surface area contributed by atoms with Crippen LogP contribution >= 0.6 is 11.6 Å². The number of fused-ring (bicyclic) bond motifs is 1. The fourth-order valence-electron chi connectivity index (χ4n) is 3.62. The van der Waals surface area contributed by atoms with E-state index >= 15 is 0 Å². The molecule has 3 rings (SSSR count). The Morgan fingerprint density at radius 3 is 2.59 bits per heavy atom. The normalized spacial score (nSPS) is 11.4. The molecular weight excluding hydrogens is 453 g/mol.